The molecule has 1 saturated carbocycles. The second kappa shape index (κ2) is 3.33. The zero-order valence-electron chi connectivity index (χ0n) is 7.38. The molecule has 2 amide bonds. The Balaban J connectivity index is 1.73. The summed E-state index contributed by atoms with van der Waals surface area (Å²) in [5.74, 6) is 0. The van der Waals surface area contributed by atoms with E-state index >= 15 is 0 Å². The summed E-state index contributed by atoms with van der Waals surface area (Å²) in [6.45, 7) is 1.91. The lowest BCUT2D eigenvalue weighted by atomic mass is 9.96. The fourth-order valence-electron chi connectivity index (χ4n) is 1.77. The molecular formula is C9H16N2O. The van der Waals surface area contributed by atoms with Gasteiger partial charge in [-0.15, -0.1) is 0 Å². The maximum absolute atomic E-state index is 11.3. The van der Waals surface area contributed by atoms with E-state index in [0.717, 1.165) is 13.1 Å². The molecule has 0 bridgehead atoms. The molecule has 1 aliphatic carbocycles. The molecule has 12 heavy (non-hydrogen) atoms. The van der Waals surface area contributed by atoms with Crippen molar-refractivity contribution < 1.29 is 4.79 Å². The van der Waals surface area contributed by atoms with E-state index < -0.39 is 0 Å². The first-order chi connectivity index (χ1) is 5.86. The first-order valence-corrected chi connectivity index (χ1v) is 4.92. The van der Waals surface area contributed by atoms with E-state index in [-0.39, 0.29) is 6.03 Å². The molecular weight excluding hydrogens is 152 g/mol. The molecule has 2 rings (SSSR count). The summed E-state index contributed by atoms with van der Waals surface area (Å²) in [4.78, 5) is 13.1. The van der Waals surface area contributed by atoms with E-state index in [4.69, 9.17) is 0 Å². The molecule has 3 heteroatoms. The highest BCUT2D eigenvalue weighted by atomic mass is 16.2. The first-order valence-electron chi connectivity index (χ1n) is 4.92. The summed E-state index contributed by atoms with van der Waals surface area (Å²) >= 11 is 0. The molecule has 0 aromatic rings. The zero-order chi connectivity index (χ0) is 8.39. The Morgan fingerprint density at radius 2 is 1.83 bits per heavy atom. The normalized spacial score (nSPS) is 23.8. The number of amides is 2. The zero-order valence-corrected chi connectivity index (χ0v) is 7.38. The fraction of sp³-hybridized carbons (Fsp3) is 0.889. The molecule has 0 aromatic carbocycles. The Morgan fingerprint density at radius 1 is 1.17 bits per heavy atom. The lowest BCUT2D eigenvalue weighted by molar-refractivity contribution is 0.221. The molecule has 2 fully saturated rings. The van der Waals surface area contributed by atoms with Gasteiger partial charge in [0.2, 0.25) is 0 Å². The number of carbonyl (C=O) groups excluding carboxylic acids is 1. The van der Waals surface area contributed by atoms with Gasteiger partial charge >= 0.3 is 6.03 Å². The minimum absolute atomic E-state index is 0.155. The van der Waals surface area contributed by atoms with E-state index in [0.29, 0.717) is 6.04 Å². The molecule has 1 aliphatic heterocycles. The maximum Gasteiger partial charge on any atom is 0.317 e. The van der Waals surface area contributed by atoms with E-state index in [2.05, 4.69) is 5.32 Å². The van der Waals surface area contributed by atoms with Crippen LogP contribution in [0.2, 0.25) is 0 Å². The van der Waals surface area contributed by atoms with Crippen LogP contribution in [0.3, 0.4) is 0 Å². The van der Waals surface area contributed by atoms with Crippen LogP contribution in [0, 0.1) is 0 Å². The second-order valence-corrected chi connectivity index (χ2v) is 3.77. The summed E-state index contributed by atoms with van der Waals surface area (Å²) in [6, 6.07) is 0.619. The predicted octanol–water partition coefficient (Wildman–Crippen LogP) is 1.34. The number of rotatable bonds is 1. The number of urea groups is 1. The van der Waals surface area contributed by atoms with Crippen molar-refractivity contribution in [1.82, 2.24) is 10.2 Å². The summed E-state index contributed by atoms with van der Waals surface area (Å²) in [7, 11) is 0. The van der Waals surface area contributed by atoms with Crippen molar-refractivity contribution in [1.29, 1.82) is 0 Å². The summed E-state index contributed by atoms with van der Waals surface area (Å²) in [5, 5.41) is 3.07. The van der Waals surface area contributed by atoms with Crippen LogP contribution in [0.25, 0.3) is 0 Å². The van der Waals surface area contributed by atoms with Crippen molar-refractivity contribution in [2.75, 3.05) is 13.1 Å². The molecule has 0 atom stereocenters. The lowest BCUT2D eigenvalue weighted by Crippen LogP contribution is -2.38. The quantitative estimate of drug-likeness (QED) is 0.589. The van der Waals surface area contributed by atoms with Crippen LogP contribution < -0.4 is 5.32 Å². The van der Waals surface area contributed by atoms with Gasteiger partial charge in [-0.3, -0.25) is 0 Å². The molecule has 3 nitrogen and oxygen atoms in total. The Kier molecular flexibility index (Phi) is 2.19. The van der Waals surface area contributed by atoms with Gasteiger partial charge in [-0.25, -0.2) is 4.79 Å². The molecule has 1 N–H and O–H groups in total. The van der Waals surface area contributed by atoms with Crippen LogP contribution in [-0.2, 0) is 0 Å². The highest BCUT2D eigenvalue weighted by Gasteiger charge is 2.26. The smallest absolute Gasteiger partial charge is 0.317 e. The summed E-state index contributed by atoms with van der Waals surface area (Å²) in [6.07, 6.45) is 6.27. The predicted molar refractivity (Wildman–Crippen MR) is 47.0 cm³/mol. The minimum atomic E-state index is 0.155. The van der Waals surface area contributed by atoms with Crippen molar-refractivity contribution in [2.45, 2.75) is 38.1 Å². The SMILES string of the molecule is O=C(NC1CCCCC1)N1CC1. The van der Waals surface area contributed by atoms with Gasteiger partial charge in [0.25, 0.3) is 0 Å². The van der Waals surface area contributed by atoms with Gasteiger partial charge in [-0.05, 0) is 12.8 Å². The molecule has 0 unspecified atom stereocenters. The molecule has 0 radical (unpaired) electrons. The molecule has 1 heterocycles. The minimum Gasteiger partial charge on any atom is -0.335 e. The van der Waals surface area contributed by atoms with Gasteiger partial charge in [-0.2, -0.15) is 0 Å². The van der Waals surface area contributed by atoms with Crippen molar-refractivity contribution in [2.24, 2.45) is 0 Å². The lowest BCUT2D eigenvalue weighted by Gasteiger charge is -2.22. The highest BCUT2D eigenvalue weighted by Crippen LogP contribution is 2.18. The Bertz CT molecular complexity index is 171. The van der Waals surface area contributed by atoms with Gasteiger partial charge in [0, 0.05) is 19.1 Å². The van der Waals surface area contributed by atoms with Crippen molar-refractivity contribution >= 4 is 6.03 Å². The van der Waals surface area contributed by atoms with Crippen molar-refractivity contribution in [3.8, 4) is 0 Å². The number of hydrogen-bond donors (Lipinski definition) is 1. The van der Waals surface area contributed by atoms with Crippen molar-refractivity contribution in [3.05, 3.63) is 0 Å². The van der Waals surface area contributed by atoms with E-state index in [9.17, 15) is 4.79 Å². The van der Waals surface area contributed by atoms with Crippen molar-refractivity contribution in [3.63, 3.8) is 0 Å². The topological polar surface area (TPSA) is 32.1 Å². The van der Waals surface area contributed by atoms with Crippen LogP contribution >= 0.6 is 0 Å². The molecule has 68 valence electrons. The summed E-state index contributed by atoms with van der Waals surface area (Å²) in [5.41, 5.74) is 0. The standard InChI is InChI=1S/C9H16N2O/c12-9(11-6-7-11)10-8-4-2-1-3-5-8/h8H,1-7H2,(H,10,12). The van der Waals surface area contributed by atoms with Gasteiger partial charge in [-0.1, -0.05) is 19.3 Å². The fourth-order valence-corrected chi connectivity index (χ4v) is 1.77. The van der Waals surface area contributed by atoms with E-state index in [1.807, 2.05) is 4.90 Å². The molecule has 2 aliphatic rings. The average molecular weight is 168 g/mol. The van der Waals surface area contributed by atoms with Gasteiger partial charge in [0.1, 0.15) is 0 Å². The average Bonchev–Trinajstić information content (AvgIpc) is 2.88. The van der Waals surface area contributed by atoms with Crippen LogP contribution in [0.5, 0.6) is 0 Å². The highest BCUT2D eigenvalue weighted by molar-refractivity contribution is 5.76. The van der Waals surface area contributed by atoms with E-state index in [1.165, 1.54) is 32.1 Å². The van der Waals surface area contributed by atoms with Crippen LogP contribution in [-0.4, -0.2) is 30.1 Å². The third kappa shape index (κ3) is 1.90. The van der Waals surface area contributed by atoms with Crippen LogP contribution in [0.4, 0.5) is 4.79 Å². The number of hydrogen-bond acceptors (Lipinski definition) is 1. The largest absolute Gasteiger partial charge is 0.335 e. The Labute approximate surface area is 73.1 Å². The number of nitrogens with zero attached hydrogens (tertiary/aromatic N) is 1. The second-order valence-electron chi connectivity index (χ2n) is 3.77. The Hall–Kier alpha value is -0.730. The number of carbonyl (C=O) groups is 1. The van der Waals surface area contributed by atoms with Gasteiger partial charge in [0.05, 0.1) is 0 Å². The maximum atomic E-state index is 11.3. The summed E-state index contributed by atoms with van der Waals surface area (Å²) < 4.78 is 0. The first kappa shape index (κ1) is 7.90. The molecule has 0 spiro atoms. The van der Waals surface area contributed by atoms with Crippen LogP contribution in [0.1, 0.15) is 32.1 Å². The van der Waals surface area contributed by atoms with E-state index in [1.54, 1.807) is 0 Å². The Morgan fingerprint density at radius 3 is 2.42 bits per heavy atom. The van der Waals surface area contributed by atoms with Gasteiger partial charge in [0.15, 0.2) is 0 Å². The third-order valence-corrected chi connectivity index (χ3v) is 2.67. The van der Waals surface area contributed by atoms with Crippen LogP contribution in [0.15, 0.2) is 0 Å². The molecule has 1 saturated heterocycles. The van der Waals surface area contributed by atoms with Gasteiger partial charge < -0.3 is 10.2 Å². The monoisotopic (exact) mass is 168 g/mol. The molecule has 0 aromatic heterocycles. The number of nitrogens with one attached hydrogen (secondary N) is 1. The third-order valence-electron chi connectivity index (χ3n) is 2.67.